The van der Waals surface area contributed by atoms with Crippen molar-refractivity contribution in [2.45, 2.75) is 13.8 Å². The summed E-state index contributed by atoms with van der Waals surface area (Å²) in [6.45, 7) is 4.35. The highest BCUT2D eigenvalue weighted by Crippen LogP contribution is 2.27. The van der Waals surface area contributed by atoms with Crippen molar-refractivity contribution in [3.05, 3.63) is 45.6 Å². The van der Waals surface area contributed by atoms with E-state index in [1.54, 1.807) is 18.2 Å². The van der Waals surface area contributed by atoms with E-state index in [-0.39, 0.29) is 5.91 Å². The van der Waals surface area contributed by atoms with Gasteiger partial charge in [-0.25, -0.2) is 4.79 Å². The predicted octanol–water partition coefficient (Wildman–Crippen LogP) is 3.49. The van der Waals surface area contributed by atoms with Crippen LogP contribution in [0.4, 0.5) is 5.69 Å². The minimum Gasteiger partial charge on any atom is -0.492 e. The molecule has 5 nitrogen and oxygen atoms in total. The van der Waals surface area contributed by atoms with Crippen LogP contribution in [-0.4, -0.2) is 25.6 Å². The van der Waals surface area contributed by atoms with Crippen LogP contribution in [-0.2, 0) is 4.74 Å². The molecule has 0 aliphatic rings. The van der Waals surface area contributed by atoms with E-state index in [4.69, 9.17) is 4.74 Å². The van der Waals surface area contributed by atoms with Gasteiger partial charge in [0.15, 0.2) is 0 Å². The third-order valence-electron chi connectivity index (χ3n) is 2.90. The molecule has 1 aromatic carbocycles. The molecule has 6 heteroatoms. The van der Waals surface area contributed by atoms with E-state index >= 15 is 0 Å². The van der Waals surface area contributed by atoms with E-state index < -0.39 is 5.97 Å². The van der Waals surface area contributed by atoms with E-state index in [0.717, 1.165) is 16.9 Å². The number of aryl methyl sites for hydroxylation is 1. The van der Waals surface area contributed by atoms with Gasteiger partial charge in [0.1, 0.15) is 10.6 Å². The number of amides is 1. The predicted molar refractivity (Wildman–Crippen MR) is 86.0 cm³/mol. The summed E-state index contributed by atoms with van der Waals surface area (Å²) in [4.78, 5) is 24.5. The lowest BCUT2D eigenvalue weighted by molar-refractivity contribution is 0.0606. The second-order valence-electron chi connectivity index (χ2n) is 4.54. The van der Waals surface area contributed by atoms with Gasteiger partial charge in [-0.05, 0) is 43.7 Å². The van der Waals surface area contributed by atoms with Gasteiger partial charge in [0.2, 0.25) is 0 Å². The number of carbonyl (C=O) groups excluding carboxylic acids is 2. The molecule has 0 saturated carbocycles. The van der Waals surface area contributed by atoms with Gasteiger partial charge in [0.25, 0.3) is 5.91 Å². The minimum absolute atomic E-state index is 0.287. The van der Waals surface area contributed by atoms with Gasteiger partial charge >= 0.3 is 5.97 Å². The van der Waals surface area contributed by atoms with Gasteiger partial charge in [-0.2, -0.15) is 0 Å². The number of ether oxygens (including phenoxy) is 2. The van der Waals surface area contributed by atoms with Crippen LogP contribution in [0.2, 0.25) is 0 Å². The average molecular weight is 319 g/mol. The summed E-state index contributed by atoms with van der Waals surface area (Å²) in [7, 11) is 1.31. The fraction of sp³-hybridized carbons (Fsp3) is 0.250. The molecule has 1 amide bonds. The van der Waals surface area contributed by atoms with Crippen molar-refractivity contribution in [2.75, 3.05) is 19.0 Å². The molecule has 0 saturated heterocycles. The first kappa shape index (κ1) is 16.0. The topological polar surface area (TPSA) is 64.6 Å². The molecule has 0 spiro atoms. The number of esters is 1. The maximum Gasteiger partial charge on any atom is 0.348 e. The normalized spacial score (nSPS) is 10.1. The van der Waals surface area contributed by atoms with Crippen LogP contribution in [0.5, 0.6) is 5.75 Å². The fourth-order valence-corrected chi connectivity index (χ4v) is 2.68. The Morgan fingerprint density at radius 2 is 1.91 bits per heavy atom. The number of benzene rings is 1. The van der Waals surface area contributed by atoms with Crippen LogP contribution in [0.1, 0.15) is 31.8 Å². The first-order valence-corrected chi connectivity index (χ1v) is 7.59. The zero-order valence-corrected chi connectivity index (χ0v) is 13.5. The number of carbonyl (C=O) groups is 2. The lowest BCUT2D eigenvalue weighted by Gasteiger charge is -2.11. The molecule has 1 aromatic heterocycles. The average Bonchev–Trinajstić information content (AvgIpc) is 2.99. The van der Waals surface area contributed by atoms with Crippen LogP contribution in [0.25, 0.3) is 0 Å². The number of thiophene rings is 1. The van der Waals surface area contributed by atoms with Crippen molar-refractivity contribution < 1.29 is 19.1 Å². The Kier molecular flexibility index (Phi) is 5.16. The van der Waals surface area contributed by atoms with E-state index in [9.17, 15) is 9.59 Å². The number of anilines is 1. The summed E-state index contributed by atoms with van der Waals surface area (Å²) in [5.74, 6) is -0.111. The molecular weight excluding hydrogens is 302 g/mol. The summed E-state index contributed by atoms with van der Waals surface area (Å²) >= 11 is 1.09. The van der Waals surface area contributed by atoms with Gasteiger partial charge in [-0.3, -0.25) is 4.79 Å². The number of nitrogens with one attached hydrogen (secondary N) is 1. The molecule has 22 heavy (non-hydrogen) atoms. The van der Waals surface area contributed by atoms with Gasteiger partial charge in [-0.1, -0.05) is 6.07 Å². The molecule has 1 heterocycles. The van der Waals surface area contributed by atoms with Crippen molar-refractivity contribution in [1.82, 2.24) is 0 Å². The van der Waals surface area contributed by atoms with Crippen LogP contribution in [0.3, 0.4) is 0 Å². The Hall–Kier alpha value is -2.34. The molecule has 1 N–H and O–H groups in total. The molecule has 2 rings (SSSR count). The smallest absolute Gasteiger partial charge is 0.348 e. The highest BCUT2D eigenvalue weighted by atomic mass is 32.1. The Morgan fingerprint density at radius 3 is 2.59 bits per heavy atom. The second-order valence-corrected chi connectivity index (χ2v) is 5.63. The third kappa shape index (κ3) is 3.65. The third-order valence-corrected chi connectivity index (χ3v) is 3.97. The summed E-state index contributed by atoms with van der Waals surface area (Å²) in [5.41, 5.74) is 1.65. The van der Waals surface area contributed by atoms with Gasteiger partial charge in [0, 0.05) is 0 Å². The maximum atomic E-state index is 12.3. The molecule has 0 aliphatic heterocycles. The zero-order chi connectivity index (χ0) is 16.1. The SMILES string of the molecule is CCOc1cc(C)ccc1NC(=O)c1ccc(C(=O)OC)s1. The highest BCUT2D eigenvalue weighted by Gasteiger charge is 2.15. The molecule has 0 unspecified atom stereocenters. The molecule has 116 valence electrons. The van der Waals surface area contributed by atoms with Crippen molar-refractivity contribution in [3.8, 4) is 5.75 Å². The molecule has 0 fully saturated rings. The molecular formula is C16H17NO4S. The molecule has 2 aromatic rings. The van der Waals surface area contributed by atoms with E-state index in [1.807, 2.05) is 26.0 Å². The van der Waals surface area contributed by atoms with Crippen molar-refractivity contribution in [3.63, 3.8) is 0 Å². The minimum atomic E-state index is -0.450. The molecule has 0 atom stereocenters. The summed E-state index contributed by atoms with van der Waals surface area (Å²) in [6, 6.07) is 8.73. The van der Waals surface area contributed by atoms with Gasteiger partial charge < -0.3 is 14.8 Å². The number of rotatable bonds is 5. The van der Waals surface area contributed by atoms with Crippen LogP contribution >= 0.6 is 11.3 Å². The molecule has 0 radical (unpaired) electrons. The highest BCUT2D eigenvalue weighted by molar-refractivity contribution is 7.16. The largest absolute Gasteiger partial charge is 0.492 e. The van der Waals surface area contributed by atoms with Gasteiger partial charge in [0.05, 0.1) is 24.3 Å². The summed E-state index contributed by atoms with van der Waals surface area (Å²) in [6.07, 6.45) is 0. The van der Waals surface area contributed by atoms with E-state index in [0.29, 0.717) is 27.8 Å². The van der Waals surface area contributed by atoms with Crippen molar-refractivity contribution in [1.29, 1.82) is 0 Å². The van der Waals surface area contributed by atoms with Gasteiger partial charge in [-0.15, -0.1) is 11.3 Å². The number of hydrogen-bond acceptors (Lipinski definition) is 5. The van der Waals surface area contributed by atoms with Crippen LogP contribution in [0, 0.1) is 6.92 Å². The van der Waals surface area contributed by atoms with Crippen molar-refractivity contribution >= 4 is 28.9 Å². The van der Waals surface area contributed by atoms with E-state index in [2.05, 4.69) is 10.1 Å². The maximum absolute atomic E-state index is 12.3. The Labute approximate surface area is 132 Å². The second kappa shape index (κ2) is 7.09. The lowest BCUT2D eigenvalue weighted by atomic mass is 10.2. The number of hydrogen-bond donors (Lipinski definition) is 1. The van der Waals surface area contributed by atoms with Crippen LogP contribution < -0.4 is 10.1 Å². The quantitative estimate of drug-likeness (QED) is 0.857. The Morgan fingerprint density at radius 1 is 1.18 bits per heavy atom. The standard InChI is InChI=1S/C16H17NO4S/c1-4-21-12-9-10(2)5-6-11(12)17-15(18)13-7-8-14(22-13)16(19)20-3/h5-9H,4H2,1-3H3,(H,17,18). The first-order chi connectivity index (χ1) is 10.5. The van der Waals surface area contributed by atoms with Crippen LogP contribution in [0.15, 0.2) is 30.3 Å². The first-order valence-electron chi connectivity index (χ1n) is 6.78. The van der Waals surface area contributed by atoms with Crippen molar-refractivity contribution in [2.24, 2.45) is 0 Å². The lowest BCUT2D eigenvalue weighted by Crippen LogP contribution is -2.11. The monoisotopic (exact) mass is 319 g/mol. The number of methoxy groups -OCH3 is 1. The molecule has 0 aliphatic carbocycles. The van der Waals surface area contributed by atoms with E-state index in [1.165, 1.54) is 7.11 Å². The molecule has 0 bridgehead atoms. The fourth-order valence-electron chi connectivity index (χ4n) is 1.86. The summed E-state index contributed by atoms with van der Waals surface area (Å²) < 4.78 is 10.2. The summed E-state index contributed by atoms with van der Waals surface area (Å²) in [5, 5.41) is 2.80. The Bertz CT molecular complexity index is 693. The zero-order valence-electron chi connectivity index (χ0n) is 12.6. The Balaban J connectivity index is 2.18.